The quantitative estimate of drug-likeness (QED) is 0.772. The fraction of sp³-hybridized carbons (Fsp3) is 0.583. The molecule has 0 spiro atoms. The average Bonchev–Trinajstić information content (AvgIpc) is 2.72. The summed E-state index contributed by atoms with van der Waals surface area (Å²) in [4.78, 5) is 11.8. The molecular formula is C12H17NO3. The van der Waals surface area contributed by atoms with Crippen LogP contribution >= 0.6 is 0 Å². The van der Waals surface area contributed by atoms with E-state index in [1.807, 2.05) is 13.0 Å². The van der Waals surface area contributed by atoms with Gasteiger partial charge in [0, 0.05) is 18.4 Å². The minimum absolute atomic E-state index is 0.378. The average molecular weight is 223 g/mol. The molecular weight excluding hydrogens is 206 g/mol. The Morgan fingerprint density at radius 1 is 1.69 bits per heavy atom. The summed E-state index contributed by atoms with van der Waals surface area (Å²) in [6.45, 7) is 2.01. The normalized spacial score (nSPS) is 23.9. The van der Waals surface area contributed by atoms with E-state index in [0.717, 1.165) is 36.3 Å². The van der Waals surface area contributed by atoms with E-state index in [-0.39, 0.29) is 5.97 Å². The van der Waals surface area contributed by atoms with Crippen LogP contribution in [-0.4, -0.2) is 13.1 Å². The fourth-order valence-corrected chi connectivity index (χ4v) is 2.28. The van der Waals surface area contributed by atoms with Crippen LogP contribution in [0.15, 0.2) is 10.5 Å². The van der Waals surface area contributed by atoms with Gasteiger partial charge in [0.05, 0.1) is 7.11 Å². The topological polar surface area (TPSA) is 65.5 Å². The summed E-state index contributed by atoms with van der Waals surface area (Å²) in [7, 11) is 1.37. The SMILES string of the molecule is CCc1cc2c(o1)CCCC2(N)C(=O)OC. The molecule has 4 nitrogen and oxygen atoms in total. The van der Waals surface area contributed by atoms with Gasteiger partial charge < -0.3 is 14.9 Å². The van der Waals surface area contributed by atoms with Crippen molar-refractivity contribution in [3.05, 3.63) is 23.2 Å². The number of carbonyl (C=O) groups is 1. The molecule has 1 heterocycles. The zero-order chi connectivity index (χ0) is 11.8. The van der Waals surface area contributed by atoms with Gasteiger partial charge in [-0.1, -0.05) is 6.92 Å². The van der Waals surface area contributed by atoms with Crippen molar-refractivity contribution in [2.45, 2.75) is 38.1 Å². The molecule has 2 rings (SSSR count). The lowest BCUT2D eigenvalue weighted by Crippen LogP contribution is -2.47. The molecule has 88 valence electrons. The highest BCUT2D eigenvalue weighted by Crippen LogP contribution is 2.36. The Hall–Kier alpha value is -1.29. The first-order valence-electron chi connectivity index (χ1n) is 5.61. The monoisotopic (exact) mass is 223 g/mol. The van der Waals surface area contributed by atoms with E-state index >= 15 is 0 Å². The predicted octanol–water partition coefficient (Wildman–Crippen LogP) is 1.51. The van der Waals surface area contributed by atoms with Crippen LogP contribution in [0.25, 0.3) is 0 Å². The first-order valence-corrected chi connectivity index (χ1v) is 5.61. The Morgan fingerprint density at radius 3 is 3.06 bits per heavy atom. The third kappa shape index (κ3) is 1.53. The van der Waals surface area contributed by atoms with Crippen LogP contribution < -0.4 is 5.73 Å². The number of methoxy groups -OCH3 is 1. The molecule has 4 heteroatoms. The minimum atomic E-state index is -1.01. The molecule has 0 saturated carbocycles. The summed E-state index contributed by atoms with van der Waals surface area (Å²) in [5.74, 6) is 1.35. The van der Waals surface area contributed by atoms with Crippen LogP contribution in [0, 0.1) is 0 Å². The first-order chi connectivity index (χ1) is 7.61. The Kier molecular flexibility index (Phi) is 2.76. The van der Waals surface area contributed by atoms with Gasteiger partial charge >= 0.3 is 5.97 Å². The standard InChI is InChI=1S/C12H17NO3/c1-3-8-7-9-10(16-8)5-4-6-12(9,13)11(14)15-2/h7H,3-6,13H2,1-2H3. The molecule has 1 aliphatic carbocycles. The fourth-order valence-electron chi connectivity index (χ4n) is 2.28. The summed E-state index contributed by atoms with van der Waals surface area (Å²) >= 11 is 0. The third-order valence-electron chi connectivity index (χ3n) is 3.21. The van der Waals surface area contributed by atoms with E-state index in [9.17, 15) is 4.79 Å². The van der Waals surface area contributed by atoms with Crippen LogP contribution in [0.3, 0.4) is 0 Å². The maximum absolute atomic E-state index is 11.8. The van der Waals surface area contributed by atoms with E-state index in [2.05, 4.69) is 0 Å². The highest BCUT2D eigenvalue weighted by atomic mass is 16.5. The maximum Gasteiger partial charge on any atom is 0.330 e. The minimum Gasteiger partial charge on any atom is -0.467 e. The lowest BCUT2D eigenvalue weighted by atomic mass is 9.80. The predicted molar refractivity (Wildman–Crippen MR) is 58.9 cm³/mol. The number of fused-ring (bicyclic) bond motifs is 1. The summed E-state index contributed by atoms with van der Waals surface area (Å²) in [5.41, 5.74) is 5.95. The van der Waals surface area contributed by atoms with E-state index in [0.29, 0.717) is 6.42 Å². The van der Waals surface area contributed by atoms with Gasteiger partial charge in [0.1, 0.15) is 17.1 Å². The van der Waals surface area contributed by atoms with Crippen molar-refractivity contribution in [3.63, 3.8) is 0 Å². The van der Waals surface area contributed by atoms with E-state index < -0.39 is 5.54 Å². The highest BCUT2D eigenvalue weighted by Gasteiger charge is 2.42. The van der Waals surface area contributed by atoms with Gasteiger partial charge in [-0.2, -0.15) is 0 Å². The number of aryl methyl sites for hydroxylation is 2. The van der Waals surface area contributed by atoms with Gasteiger partial charge in [0.2, 0.25) is 0 Å². The van der Waals surface area contributed by atoms with Crippen molar-refractivity contribution < 1.29 is 13.9 Å². The summed E-state index contributed by atoms with van der Waals surface area (Å²) in [5, 5.41) is 0. The zero-order valence-electron chi connectivity index (χ0n) is 9.71. The summed E-state index contributed by atoms with van der Waals surface area (Å²) < 4.78 is 10.4. The van der Waals surface area contributed by atoms with Crippen molar-refractivity contribution in [1.82, 2.24) is 0 Å². The van der Waals surface area contributed by atoms with Crippen LogP contribution in [0.4, 0.5) is 0 Å². The lowest BCUT2D eigenvalue weighted by molar-refractivity contribution is -0.148. The van der Waals surface area contributed by atoms with Gasteiger partial charge in [-0.05, 0) is 18.9 Å². The van der Waals surface area contributed by atoms with Crippen LogP contribution in [-0.2, 0) is 27.9 Å². The highest BCUT2D eigenvalue weighted by molar-refractivity contribution is 5.83. The molecule has 0 fully saturated rings. The number of hydrogen-bond donors (Lipinski definition) is 1. The van der Waals surface area contributed by atoms with E-state index in [1.54, 1.807) is 0 Å². The first kappa shape index (κ1) is 11.2. The number of rotatable bonds is 2. The van der Waals surface area contributed by atoms with Crippen molar-refractivity contribution >= 4 is 5.97 Å². The number of furan rings is 1. The van der Waals surface area contributed by atoms with Crippen molar-refractivity contribution in [2.24, 2.45) is 5.73 Å². The summed E-state index contributed by atoms with van der Waals surface area (Å²) in [6.07, 6.45) is 3.14. The molecule has 16 heavy (non-hydrogen) atoms. The zero-order valence-corrected chi connectivity index (χ0v) is 9.71. The van der Waals surface area contributed by atoms with Gasteiger partial charge in [0.25, 0.3) is 0 Å². The van der Waals surface area contributed by atoms with Gasteiger partial charge in [0.15, 0.2) is 0 Å². The number of hydrogen-bond acceptors (Lipinski definition) is 4. The smallest absolute Gasteiger partial charge is 0.330 e. The van der Waals surface area contributed by atoms with Crippen LogP contribution in [0.2, 0.25) is 0 Å². The number of nitrogens with two attached hydrogens (primary N) is 1. The molecule has 1 atom stereocenters. The largest absolute Gasteiger partial charge is 0.467 e. The van der Waals surface area contributed by atoms with Crippen LogP contribution in [0.1, 0.15) is 36.8 Å². The molecule has 2 N–H and O–H groups in total. The van der Waals surface area contributed by atoms with Crippen molar-refractivity contribution in [2.75, 3.05) is 7.11 Å². The number of ether oxygens (including phenoxy) is 1. The molecule has 0 amide bonds. The second-order valence-corrected chi connectivity index (χ2v) is 4.22. The molecule has 0 bridgehead atoms. The second kappa shape index (κ2) is 3.94. The van der Waals surface area contributed by atoms with Crippen LogP contribution in [0.5, 0.6) is 0 Å². The molecule has 0 aliphatic heterocycles. The maximum atomic E-state index is 11.8. The molecule has 0 radical (unpaired) electrons. The van der Waals surface area contributed by atoms with Gasteiger partial charge in [-0.15, -0.1) is 0 Å². The number of carbonyl (C=O) groups excluding carboxylic acids is 1. The Balaban J connectivity index is 2.46. The van der Waals surface area contributed by atoms with Gasteiger partial charge in [-0.3, -0.25) is 0 Å². The molecule has 1 unspecified atom stereocenters. The molecule has 1 aromatic rings. The molecule has 1 aliphatic rings. The lowest BCUT2D eigenvalue weighted by Gasteiger charge is -2.29. The third-order valence-corrected chi connectivity index (χ3v) is 3.21. The Labute approximate surface area is 94.8 Å². The molecule has 0 saturated heterocycles. The van der Waals surface area contributed by atoms with Gasteiger partial charge in [-0.25, -0.2) is 4.79 Å². The Bertz CT molecular complexity index is 410. The molecule has 1 aromatic heterocycles. The van der Waals surface area contributed by atoms with E-state index in [1.165, 1.54) is 7.11 Å². The van der Waals surface area contributed by atoms with Crippen molar-refractivity contribution in [3.8, 4) is 0 Å². The Morgan fingerprint density at radius 2 is 2.44 bits per heavy atom. The molecule has 0 aromatic carbocycles. The van der Waals surface area contributed by atoms with E-state index in [4.69, 9.17) is 14.9 Å². The summed E-state index contributed by atoms with van der Waals surface area (Å²) in [6, 6.07) is 1.89. The second-order valence-electron chi connectivity index (χ2n) is 4.22. The number of esters is 1. The van der Waals surface area contributed by atoms with Crippen molar-refractivity contribution in [1.29, 1.82) is 0 Å².